The number of amides is 1. The van der Waals surface area contributed by atoms with Crippen molar-refractivity contribution < 1.29 is 9.53 Å². The van der Waals surface area contributed by atoms with Crippen LogP contribution in [0.4, 0.5) is 0 Å². The molecule has 7 heteroatoms. The molecule has 1 aliphatic carbocycles. The fourth-order valence-corrected chi connectivity index (χ4v) is 3.48. The smallest absolute Gasteiger partial charge is 0.348 e. The van der Waals surface area contributed by atoms with Crippen LogP contribution in [0.1, 0.15) is 42.8 Å². The van der Waals surface area contributed by atoms with Crippen LogP contribution in [-0.2, 0) is 11.3 Å². The summed E-state index contributed by atoms with van der Waals surface area (Å²) in [5, 5.41) is 3.04. The van der Waals surface area contributed by atoms with Crippen LogP contribution < -0.4 is 15.7 Å². The van der Waals surface area contributed by atoms with Crippen LogP contribution >= 0.6 is 0 Å². The lowest BCUT2D eigenvalue weighted by molar-refractivity contribution is -0.122. The van der Waals surface area contributed by atoms with Crippen LogP contribution in [0.25, 0.3) is 0 Å². The van der Waals surface area contributed by atoms with Crippen molar-refractivity contribution in [1.82, 2.24) is 19.9 Å². The fraction of sp³-hybridized carbons (Fsp3) is 0.500. The van der Waals surface area contributed by atoms with E-state index in [9.17, 15) is 9.59 Å². The zero-order valence-electron chi connectivity index (χ0n) is 16.1. The van der Waals surface area contributed by atoms with Crippen LogP contribution in [0.3, 0.4) is 0 Å². The molecule has 1 fully saturated rings. The first-order chi connectivity index (χ1) is 12.9. The summed E-state index contributed by atoms with van der Waals surface area (Å²) < 4.78 is 7.45. The van der Waals surface area contributed by atoms with Gasteiger partial charge in [0, 0.05) is 23.6 Å². The van der Waals surface area contributed by atoms with Crippen molar-refractivity contribution in [2.45, 2.75) is 65.1 Å². The second-order valence-corrected chi connectivity index (χ2v) is 7.15. The normalized spacial score (nSPS) is 19.5. The molecule has 1 amide bonds. The Morgan fingerprint density at radius 1 is 1.26 bits per heavy atom. The van der Waals surface area contributed by atoms with Gasteiger partial charge in [-0.15, -0.1) is 0 Å². The molecule has 144 valence electrons. The van der Waals surface area contributed by atoms with Gasteiger partial charge in [-0.2, -0.15) is 4.98 Å². The molecular formula is C20H26N4O3. The number of hydrogen-bond donors (Lipinski definition) is 1. The van der Waals surface area contributed by atoms with Crippen molar-refractivity contribution in [2.75, 3.05) is 0 Å². The molecule has 1 saturated carbocycles. The molecular weight excluding hydrogens is 344 g/mol. The van der Waals surface area contributed by atoms with Gasteiger partial charge in [0.25, 0.3) is 0 Å². The molecule has 2 heterocycles. The van der Waals surface area contributed by atoms with E-state index >= 15 is 0 Å². The zero-order valence-corrected chi connectivity index (χ0v) is 16.1. The Bertz CT molecular complexity index is 870. The van der Waals surface area contributed by atoms with Gasteiger partial charge in [-0.25, -0.2) is 4.79 Å². The number of nitrogens with one attached hydrogen (secondary N) is 1. The number of nitrogens with zero attached hydrogens (tertiary/aromatic N) is 3. The van der Waals surface area contributed by atoms with E-state index in [4.69, 9.17) is 4.74 Å². The molecule has 2 aromatic rings. The predicted molar refractivity (Wildman–Crippen MR) is 102 cm³/mol. The van der Waals surface area contributed by atoms with Crippen LogP contribution in [0.5, 0.6) is 5.75 Å². The van der Waals surface area contributed by atoms with E-state index < -0.39 is 0 Å². The highest BCUT2D eigenvalue weighted by atomic mass is 16.5. The minimum Gasteiger partial charge on any atom is -0.489 e. The first-order valence-electron chi connectivity index (χ1n) is 9.35. The van der Waals surface area contributed by atoms with Crippen LogP contribution in [-0.4, -0.2) is 32.6 Å². The van der Waals surface area contributed by atoms with Gasteiger partial charge < -0.3 is 10.1 Å². The SMILES string of the molecule is Cc1cc(C)n(CC(=O)NC2CCC(Oc3cccnc3C)CC2)c(=O)n1. The number of hydrogen-bond acceptors (Lipinski definition) is 5. The molecule has 2 aromatic heterocycles. The van der Waals surface area contributed by atoms with E-state index in [2.05, 4.69) is 15.3 Å². The summed E-state index contributed by atoms with van der Waals surface area (Å²) in [6, 6.07) is 5.73. The van der Waals surface area contributed by atoms with Gasteiger partial charge in [0.2, 0.25) is 5.91 Å². The largest absolute Gasteiger partial charge is 0.489 e. The molecule has 0 spiro atoms. The molecule has 0 atom stereocenters. The Hall–Kier alpha value is -2.70. The average molecular weight is 370 g/mol. The molecule has 0 unspecified atom stereocenters. The van der Waals surface area contributed by atoms with E-state index in [1.165, 1.54) is 4.57 Å². The Morgan fingerprint density at radius 3 is 2.67 bits per heavy atom. The van der Waals surface area contributed by atoms with Crippen LogP contribution in [0, 0.1) is 20.8 Å². The quantitative estimate of drug-likeness (QED) is 0.871. The van der Waals surface area contributed by atoms with Gasteiger partial charge in [-0.1, -0.05) is 0 Å². The summed E-state index contributed by atoms with van der Waals surface area (Å²) in [6.07, 6.45) is 5.37. The summed E-state index contributed by atoms with van der Waals surface area (Å²) in [4.78, 5) is 32.5. The van der Waals surface area contributed by atoms with Gasteiger partial charge in [-0.3, -0.25) is 14.3 Å². The lowest BCUT2D eigenvalue weighted by Gasteiger charge is -2.30. The first-order valence-corrected chi connectivity index (χ1v) is 9.35. The maximum Gasteiger partial charge on any atom is 0.348 e. The van der Waals surface area contributed by atoms with Crippen LogP contribution in [0.2, 0.25) is 0 Å². The zero-order chi connectivity index (χ0) is 19.4. The third kappa shape index (κ3) is 4.93. The molecule has 0 aliphatic heterocycles. The van der Waals surface area contributed by atoms with Gasteiger partial charge >= 0.3 is 5.69 Å². The van der Waals surface area contributed by atoms with Crippen molar-refractivity contribution in [1.29, 1.82) is 0 Å². The second-order valence-electron chi connectivity index (χ2n) is 7.15. The lowest BCUT2D eigenvalue weighted by Crippen LogP contribution is -2.42. The minimum absolute atomic E-state index is 0.00323. The number of aryl methyl sites for hydroxylation is 3. The molecule has 1 aliphatic rings. The molecule has 27 heavy (non-hydrogen) atoms. The summed E-state index contributed by atoms with van der Waals surface area (Å²) in [6.45, 7) is 5.52. The molecule has 0 aromatic carbocycles. The van der Waals surface area contributed by atoms with Crippen molar-refractivity contribution in [3.63, 3.8) is 0 Å². The summed E-state index contributed by atoms with van der Waals surface area (Å²) in [5.74, 6) is 0.671. The number of carbonyl (C=O) groups is 1. The van der Waals surface area contributed by atoms with Gasteiger partial charge in [0.05, 0.1) is 11.8 Å². The fourth-order valence-electron chi connectivity index (χ4n) is 3.48. The highest BCUT2D eigenvalue weighted by Gasteiger charge is 2.24. The maximum absolute atomic E-state index is 12.3. The van der Waals surface area contributed by atoms with Crippen molar-refractivity contribution in [3.8, 4) is 5.75 Å². The maximum atomic E-state index is 12.3. The van der Waals surface area contributed by atoms with Crippen molar-refractivity contribution in [2.24, 2.45) is 0 Å². The highest BCUT2D eigenvalue weighted by Crippen LogP contribution is 2.25. The van der Waals surface area contributed by atoms with Gasteiger partial charge in [0.1, 0.15) is 12.3 Å². The third-order valence-corrected chi connectivity index (χ3v) is 4.94. The summed E-state index contributed by atoms with van der Waals surface area (Å²) >= 11 is 0. The van der Waals surface area contributed by atoms with Crippen molar-refractivity contribution in [3.05, 3.63) is 52.0 Å². The summed E-state index contributed by atoms with van der Waals surface area (Å²) in [7, 11) is 0. The van der Waals surface area contributed by atoms with Gasteiger partial charge in [-0.05, 0) is 64.7 Å². The van der Waals surface area contributed by atoms with E-state index in [1.807, 2.05) is 26.0 Å². The van der Waals surface area contributed by atoms with Crippen molar-refractivity contribution >= 4 is 5.91 Å². The van der Waals surface area contributed by atoms with E-state index in [0.29, 0.717) is 5.69 Å². The van der Waals surface area contributed by atoms with E-state index in [-0.39, 0.29) is 30.3 Å². The number of carbonyl (C=O) groups excluding carboxylic acids is 1. The Morgan fingerprint density at radius 2 is 2.00 bits per heavy atom. The average Bonchev–Trinajstić information content (AvgIpc) is 2.62. The molecule has 0 bridgehead atoms. The highest BCUT2D eigenvalue weighted by molar-refractivity contribution is 5.76. The lowest BCUT2D eigenvalue weighted by atomic mass is 9.93. The number of pyridine rings is 1. The number of aromatic nitrogens is 3. The second kappa shape index (κ2) is 8.33. The number of ether oxygens (including phenoxy) is 1. The minimum atomic E-state index is -0.383. The first kappa shape index (κ1) is 19.1. The predicted octanol–water partition coefficient (Wildman–Crippen LogP) is 2.07. The Labute approximate surface area is 158 Å². The molecule has 0 saturated heterocycles. The topological polar surface area (TPSA) is 86.1 Å². The Balaban J connectivity index is 1.50. The van der Waals surface area contributed by atoms with Crippen LogP contribution in [0.15, 0.2) is 29.2 Å². The monoisotopic (exact) mass is 370 g/mol. The standard InChI is InChI=1S/C20H26N4O3/c1-13-11-14(2)24(20(26)22-13)12-19(25)23-16-6-8-17(9-7-16)27-18-5-4-10-21-15(18)3/h4-5,10-11,16-17H,6-9,12H2,1-3H3,(H,23,25). The molecule has 3 rings (SSSR count). The Kier molecular flexibility index (Phi) is 5.88. The van der Waals surface area contributed by atoms with Gasteiger partial charge in [0.15, 0.2) is 0 Å². The molecule has 0 radical (unpaired) electrons. The molecule has 1 N–H and O–H groups in total. The van der Waals surface area contributed by atoms with E-state index in [0.717, 1.165) is 42.8 Å². The molecule has 7 nitrogen and oxygen atoms in total. The third-order valence-electron chi connectivity index (χ3n) is 4.94. The summed E-state index contributed by atoms with van der Waals surface area (Å²) in [5.41, 5.74) is 1.91. The van der Waals surface area contributed by atoms with E-state index in [1.54, 1.807) is 19.2 Å². The number of rotatable bonds is 5.